The van der Waals surface area contributed by atoms with E-state index in [0.717, 1.165) is 32.0 Å². The van der Waals surface area contributed by atoms with Crippen LogP contribution in [0.25, 0.3) is 0 Å². The molecule has 0 aliphatic carbocycles. The molecule has 1 aromatic rings. The summed E-state index contributed by atoms with van der Waals surface area (Å²) >= 11 is 0. The molecular weight excluding hydrogens is 206 g/mol. The summed E-state index contributed by atoms with van der Waals surface area (Å²) in [6, 6.07) is 0. The third-order valence-corrected chi connectivity index (χ3v) is 2.77. The molecular formula is C10H17N5O. The Morgan fingerprint density at radius 2 is 2.25 bits per heavy atom. The van der Waals surface area contributed by atoms with Crippen LogP contribution in [0.5, 0.6) is 0 Å². The Kier molecular flexibility index (Phi) is 3.63. The number of hydrogen-bond donors (Lipinski definition) is 1. The molecule has 0 saturated carbocycles. The van der Waals surface area contributed by atoms with Crippen LogP contribution >= 0.6 is 0 Å². The highest BCUT2D eigenvalue weighted by Crippen LogP contribution is 1.97. The minimum absolute atomic E-state index is 0.206. The second-order valence-corrected chi connectivity index (χ2v) is 4.04. The van der Waals surface area contributed by atoms with Gasteiger partial charge in [-0.05, 0) is 0 Å². The van der Waals surface area contributed by atoms with Gasteiger partial charge in [-0.25, -0.2) is 4.98 Å². The normalized spacial score (nSPS) is 17.6. The smallest absolute Gasteiger partial charge is 0.154 e. The first-order chi connectivity index (χ1) is 7.75. The van der Waals surface area contributed by atoms with Crippen molar-refractivity contribution in [1.82, 2.24) is 25.0 Å². The molecule has 16 heavy (non-hydrogen) atoms. The van der Waals surface area contributed by atoms with Gasteiger partial charge >= 0.3 is 0 Å². The fourth-order valence-electron chi connectivity index (χ4n) is 1.83. The fourth-order valence-corrected chi connectivity index (χ4v) is 1.83. The number of aryl methyl sites for hydroxylation is 1. The Hall–Kier alpha value is -1.27. The van der Waals surface area contributed by atoms with Crippen molar-refractivity contribution in [2.75, 3.05) is 32.7 Å². The quantitative estimate of drug-likeness (QED) is 0.697. The summed E-state index contributed by atoms with van der Waals surface area (Å²) in [5.41, 5.74) is 0. The van der Waals surface area contributed by atoms with Crippen molar-refractivity contribution < 1.29 is 4.79 Å². The van der Waals surface area contributed by atoms with Crippen molar-refractivity contribution in [3.8, 4) is 0 Å². The topological polar surface area (TPSA) is 63.1 Å². The number of nitrogens with zero attached hydrogens (tertiary/aromatic N) is 4. The van der Waals surface area contributed by atoms with Gasteiger partial charge < -0.3 is 5.32 Å². The fraction of sp³-hybridized carbons (Fsp3) is 0.700. The Morgan fingerprint density at radius 3 is 2.88 bits per heavy atom. The number of nitrogens with one attached hydrogen (secondary N) is 1. The van der Waals surface area contributed by atoms with Crippen LogP contribution in [0.4, 0.5) is 0 Å². The molecule has 6 heteroatoms. The van der Waals surface area contributed by atoms with Crippen LogP contribution in [0.1, 0.15) is 5.82 Å². The molecule has 0 aromatic carbocycles. The van der Waals surface area contributed by atoms with Crippen molar-refractivity contribution in [2.24, 2.45) is 7.05 Å². The van der Waals surface area contributed by atoms with E-state index in [1.54, 1.807) is 11.7 Å². The summed E-state index contributed by atoms with van der Waals surface area (Å²) in [6.45, 7) is 4.36. The van der Waals surface area contributed by atoms with Crippen LogP contribution in [0.2, 0.25) is 0 Å². The molecule has 1 saturated heterocycles. The lowest BCUT2D eigenvalue weighted by molar-refractivity contribution is -0.119. The van der Waals surface area contributed by atoms with Gasteiger partial charge in [0.1, 0.15) is 12.2 Å². The number of aromatic nitrogens is 3. The lowest BCUT2D eigenvalue weighted by atomic mass is 10.2. The van der Waals surface area contributed by atoms with Crippen molar-refractivity contribution in [3.05, 3.63) is 12.2 Å². The van der Waals surface area contributed by atoms with Gasteiger partial charge in [-0.15, -0.1) is 0 Å². The van der Waals surface area contributed by atoms with E-state index in [1.165, 1.54) is 6.33 Å². The van der Waals surface area contributed by atoms with Crippen LogP contribution in [0.15, 0.2) is 6.33 Å². The van der Waals surface area contributed by atoms with Crippen LogP contribution in [0.3, 0.4) is 0 Å². The molecule has 1 aliphatic heterocycles. The third kappa shape index (κ3) is 2.86. The van der Waals surface area contributed by atoms with Crippen LogP contribution in [-0.4, -0.2) is 58.2 Å². The zero-order valence-electron chi connectivity index (χ0n) is 9.52. The largest absolute Gasteiger partial charge is 0.314 e. The Morgan fingerprint density at radius 1 is 1.50 bits per heavy atom. The van der Waals surface area contributed by atoms with Gasteiger partial charge in [-0.1, -0.05) is 0 Å². The average Bonchev–Trinajstić information content (AvgIpc) is 2.66. The molecule has 88 valence electrons. The minimum atomic E-state index is 0.206. The molecule has 6 nitrogen and oxygen atoms in total. The van der Waals surface area contributed by atoms with Gasteiger partial charge in [0, 0.05) is 33.2 Å². The molecule has 0 unspecified atom stereocenters. The second-order valence-electron chi connectivity index (χ2n) is 4.04. The molecule has 2 rings (SSSR count). The summed E-state index contributed by atoms with van der Waals surface area (Å²) < 4.78 is 1.65. The number of rotatable bonds is 4. The van der Waals surface area contributed by atoms with Gasteiger partial charge in [0.15, 0.2) is 5.78 Å². The minimum Gasteiger partial charge on any atom is -0.314 e. The predicted octanol–water partition coefficient (Wildman–Crippen LogP) is -1.17. The zero-order chi connectivity index (χ0) is 11.4. The predicted molar refractivity (Wildman–Crippen MR) is 59.0 cm³/mol. The van der Waals surface area contributed by atoms with Crippen molar-refractivity contribution in [2.45, 2.75) is 6.42 Å². The first-order valence-corrected chi connectivity index (χ1v) is 5.53. The highest BCUT2D eigenvalue weighted by Gasteiger charge is 2.15. The maximum absolute atomic E-state index is 11.8. The molecule has 1 aliphatic rings. The summed E-state index contributed by atoms with van der Waals surface area (Å²) in [6.07, 6.45) is 1.86. The van der Waals surface area contributed by atoms with E-state index in [4.69, 9.17) is 0 Å². The zero-order valence-corrected chi connectivity index (χ0v) is 9.52. The number of Topliss-reactive ketones (excluding diaryl/α,β-unsaturated/α-hetero) is 1. The number of hydrogen-bond acceptors (Lipinski definition) is 5. The molecule has 1 aromatic heterocycles. The summed E-state index contributed by atoms with van der Waals surface area (Å²) in [5, 5.41) is 7.21. The molecule has 0 spiro atoms. The average molecular weight is 223 g/mol. The Balaban J connectivity index is 1.82. The number of piperazine rings is 1. The number of carbonyl (C=O) groups is 1. The highest BCUT2D eigenvalue weighted by molar-refractivity contribution is 5.82. The van der Waals surface area contributed by atoms with Crippen molar-refractivity contribution in [1.29, 1.82) is 0 Å². The maximum atomic E-state index is 11.8. The molecule has 0 radical (unpaired) electrons. The molecule has 0 bridgehead atoms. The Bertz CT molecular complexity index is 356. The maximum Gasteiger partial charge on any atom is 0.154 e. The van der Waals surface area contributed by atoms with Crippen LogP contribution < -0.4 is 5.32 Å². The van der Waals surface area contributed by atoms with E-state index < -0.39 is 0 Å². The number of carbonyl (C=O) groups excluding carboxylic acids is 1. The molecule has 2 heterocycles. The SMILES string of the molecule is Cn1ncnc1CC(=O)CN1CCNCC1. The lowest BCUT2D eigenvalue weighted by Gasteiger charge is -2.26. The summed E-state index contributed by atoms with van der Waals surface area (Å²) in [5.74, 6) is 0.943. The van der Waals surface area contributed by atoms with Crippen molar-refractivity contribution >= 4 is 5.78 Å². The van der Waals surface area contributed by atoms with Gasteiger partial charge in [0.25, 0.3) is 0 Å². The van der Waals surface area contributed by atoms with E-state index in [2.05, 4.69) is 20.3 Å². The van der Waals surface area contributed by atoms with Crippen LogP contribution in [0, 0.1) is 0 Å². The third-order valence-electron chi connectivity index (χ3n) is 2.77. The molecule has 1 fully saturated rings. The first-order valence-electron chi connectivity index (χ1n) is 5.53. The van der Waals surface area contributed by atoms with Gasteiger partial charge in [-0.3, -0.25) is 14.4 Å². The van der Waals surface area contributed by atoms with Gasteiger partial charge in [0.05, 0.1) is 13.0 Å². The van der Waals surface area contributed by atoms with Crippen molar-refractivity contribution in [3.63, 3.8) is 0 Å². The first kappa shape index (κ1) is 11.2. The van der Waals surface area contributed by atoms with E-state index >= 15 is 0 Å². The summed E-state index contributed by atoms with van der Waals surface area (Å²) in [7, 11) is 1.81. The van der Waals surface area contributed by atoms with Gasteiger partial charge in [-0.2, -0.15) is 5.10 Å². The van der Waals surface area contributed by atoms with E-state index in [1.807, 2.05) is 0 Å². The highest BCUT2D eigenvalue weighted by atomic mass is 16.1. The summed E-state index contributed by atoms with van der Waals surface area (Å²) in [4.78, 5) is 18.0. The van der Waals surface area contributed by atoms with Crippen LogP contribution in [-0.2, 0) is 18.3 Å². The molecule has 0 amide bonds. The van der Waals surface area contributed by atoms with Gasteiger partial charge in [0.2, 0.25) is 0 Å². The monoisotopic (exact) mass is 223 g/mol. The van der Waals surface area contributed by atoms with E-state index in [-0.39, 0.29) is 5.78 Å². The van der Waals surface area contributed by atoms with E-state index in [0.29, 0.717) is 13.0 Å². The second kappa shape index (κ2) is 5.18. The Labute approximate surface area is 94.6 Å². The molecule has 1 N–H and O–H groups in total. The standard InChI is InChI=1S/C10H17N5O/c1-14-10(12-8-13-14)6-9(16)7-15-4-2-11-3-5-15/h8,11H,2-7H2,1H3. The lowest BCUT2D eigenvalue weighted by Crippen LogP contribution is -2.45. The number of ketones is 1. The molecule has 0 atom stereocenters. The van der Waals surface area contributed by atoms with E-state index in [9.17, 15) is 4.79 Å².